The minimum Gasteiger partial charge on any atom is -0.312 e. The highest BCUT2D eigenvalue weighted by atomic mass is 19.1. The molecular weight excluding hydrogens is 345 g/mol. The fourth-order valence-electron chi connectivity index (χ4n) is 3.28. The van der Waals surface area contributed by atoms with Crippen LogP contribution in [0, 0.1) is 23.1 Å². The number of rotatable bonds is 4. The molecule has 3 rings (SSSR count). The number of anilines is 2. The van der Waals surface area contributed by atoms with E-state index in [9.17, 15) is 14.0 Å². The van der Waals surface area contributed by atoms with Crippen LogP contribution < -0.4 is 9.80 Å². The lowest BCUT2D eigenvalue weighted by Gasteiger charge is -2.22. The van der Waals surface area contributed by atoms with Crippen molar-refractivity contribution in [2.24, 2.45) is 5.92 Å². The lowest BCUT2D eigenvalue weighted by atomic mass is 10.1. The molecule has 2 amide bonds. The number of amides is 2. The first-order chi connectivity index (χ1) is 12.9. The number of carbonyl (C=O) groups is 2. The monoisotopic (exact) mass is 365 g/mol. The van der Waals surface area contributed by atoms with Crippen molar-refractivity contribution in [3.05, 3.63) is 59.4 Å². The molecular formula is C21H20FN3O2. The van der Waals surface area contributed by atoms with E-state index in [4.69, 9.17) is 5.26 Å². The van der Waals surface area contributed by atoms with Crippen molar-refractivity contribution in [1.29, 1.82) is 5.26 Å². The van der Waals surface area contributed by atoms with E-state index in [1.807, 2.05) is 30.3 Å². The van der Waals surface area contributed by atoms with Crippen molar-refractivity contribution >= 4 is 23.2 Å². The van der Waals surface area contributed by atoms with E-state index in [2.05, 4.69) is 6.92 Å². The van der Waals surface area contributed by atoms with Crippen molar-refractivity contribution in [2.45, 2.75) is 19.8 Å². The van der Waals surface area contributed by atoms with Gasteiger partial charge in [0.15, 0.2) is 0 Å². The summed E-state index contributed by atoms with van der Waals surface area (Å²) >= 11 is 0. The normalized spacial score (nSPS) is 16.3. The second-order valence-electron chi connectivity index (χ2n) is 6.60. The van der Waals surface area contributed by atoms with Crippen LogP contribution in [0.1, 0.15) is 24.5 Å². The molecule has 0 bridgehead atoms. The summed E-state index contributed by atoms with van der Waals surface area (Å²) in [5, 5.41) is 8.83. The van der Waals surface area contributed by atoms with Crippen LogP contribution in [0.25, 0.3) is 0 Å². The SMILES string of the molecule is CCc1ccc(N2CC(C(=O)N(C)c3ccc(C#N)cc3F)CC2=O)cc1. The predicted octanol–water partition coefficient (Wildman–Crippen LogP) is 3.28. The Morgan fingerprint density at radius 1 is 1.30 bits per heavy atom. The van der Waals surface area contributed by atoms with Gasteiger partial charge in [-0.2, -0.15) is 5.26 Å². The van der Waals surface area contributed by atoms with Crippen LogP contribution in [0.15, 0.2) is 42.5 Å². The number of hydrogen-bond donors (Lipinski definition) is 0. The highest BCUT2D eigenvalue weighted by molar-refractivity contribution is 6.04. The standard InChI is InChI=1S/C21H20FN3O2/c1-3-14-4-7-17(8-5-14)25-13-16(11-20(25)26)21(27)24(2)19-9-6-15(12-23)10-18(19)22/h4-10,16H,3,11,13H2,1-2H3. The molecule has 0 aromatic heterocycles. The lowest BCUT2D eigenvalue weighted by Crippen LogP contribution is -2.35. The predicted molar refractivity (Wildman–Crippen MR) is 101 cm³/mol. The lowest BCUT2D eigenvalue weighted by molar-refractivity contribution is -0.124. The Hall–Kier alpha value is -3.20. The zero-order valence-electron chi connectivity index (χ0n) is 15.3. The molecule has 0 N–H and O–H groups in total. The topological polar surface area (TPSA) is 64.4 Å². The molecule has 1 saturated heterocycles. The minimum atomic E-state index is -0.638. The minimum absolute atomic E-state index is 0.0938. The number of benzene rings is 2. The first-order valence-corrected chi connectivity index (χ1v) is 8.81. The molecule has 1 aliphatic rings. The second-order valence-corrected chi connectivity index (χ2v) is 6.60. The first kappa shape index (κ1) is 18.6. The Bertz CT molecular complexity index is 918. The van der Waals surface area contributed by atoms with E-state index < -0.39 is 11.7 Å². The molecule has 2 aromatic rings. The number of aryl methyl sites for hydroxylation is 1. The molecule has 1 atom stereocenters. The van der Waals surface area contributed by atoms with Crippen LogP contribution in [0.5, 0.6) is 0 Å². The zero-order valence-corrected chi connectivity index (χ0v) is 15.3. The van der Waals surface area contributed by atoms with Gasteiger partial charge in [0.1, 0.15) is 5.82 Å². The third-order valence-electron chi connectivity index (χ3n) is 4.90. The van der Waals surface area contributed by atoms with Crippen LogP contribution in [-0.4, -0.2) is 25.4 Å². The maximum atomic E-state index is 14.2. The number of halogens is 1. The smallest absolute Gasteiger partial charge is 0.232 e. The Balaban J connectivity index is 1.76. The van der Waals surface area contributed by atoms with Gasteiger partial charge in [-0.05, 0) is 42.3 Å². The molecule has 138 valence electrons. The molecule has 1 aliphatic heterocycles. The number of carbonyl (C=O) groups excluding carboxylic acids is 2. The highest BCUT2D eigenvalue weighted by Crippen LogP contribution is 2.28. The third-order valence-corrected chi connectivity index (χ3v) is 4.90. The second kappa shape index (κ2) is 7.58. The fraction of sp³-hybridized carbons (Fsp3) is 0.286. The van der Waals surface area contributed by atoms with Gasteiger partial charge in [-0.15, -0.1) is 0 Å². The van der Waals surface area contributed by atoms with Gasteiger partial charge in [-0.3, -0.25) is 9.59 Å². The van der Waals surface area contributed by atoms with Crippen LogP contribution in [0.4, 0.5) is 15.8 Å². The Labute approximate surface area is 157 Å². The van der Waals surface area contributed by atoms with Gasteiger partial charge in [-0.25, -0.2) is 4.39 Å². The molecule has 0 saturated carbocycles. The molecule has 0 aliphatic carbocycles. The van der Waals surface area contributed by atoms with Crippen LogP contribution in [0.3, 0.4) is 0 Å². The van der Waals surface area contributed by atoms with Gasteiger partial charge in [0.2, 0.25) is 11.8 Å². The Morgan fingerprint density at radius 3 is 2.59 bits per heavy atom. The summed E-state index contributed by atoms with van der Waals surface area (Å²) in [7, 11) is 1.48. The molecule has 5 nitrogen and oxygen atoms in total. The van der Waals surface area contributed by atoms with Crippen LogP contribution >= 0.6 is 0 Å². The quantitative estimate of drug-likeness (QED) is 0.835. The van der Waals surface area contributed by atoms with E-state index >= 15 is 0 Å². The van der Waals surface area contributed by atoms with E-state index in [1.165, 1.54) is 29.6 Å². The van der Waals surface area contributed by atoms with Gasteiger partial charge in [0.05, 0.1) is 23.2 Å². The third kappa shape index (κ3) is 3.68. The fourth-order valence-corrected chi connectivity index (χ4v) is 3.28. The Kier molecular flexibility index (Phi) is 5.22. The molecule has 1 fully saturated rings. The van der Waals surface area contributed by atoms with Crippen LogP contribution in [0.2, 0.25) is 0 Å². The molecule has 27 heavy (non-hydrogen) atoms. The number of nitriles is 1. The summed E-state index contributed by atoms with van der Waals surface area (Å²) in [4.78, 5) is 28.0. The summed E-state index contributed by atoms with van der Waals surface area (Å²) < 4.78 is 14.2. The van der Waals surface area contributed by atoms with Crippen molar-refractivity contribution < 1.29 is 14.0 Å². The average Bonchev–Trinajstić information content (AvgIpc) is 3.08. The molecule has 2 aromatic carbocycles. The molecule has 0 spiro atoms. The maximum absolute atomic E-state index is 14.2. The van der Waals surface area contributed by atoms with E-state index in [-0.39, 0.29) is 36.0 Å². The number of nitrogens with zero attached hydrogens (tertiary/aromatic N) is 3. The van der Waals surface area contributed by atoms with E-state index in [1.54, 1.807) is 4.90 Å². The highest BCUT2D eigenvalue weighted by Gasteiger charge is 2.37. The molecule has 1 unspecified atom stereocenters. The van der Waals surface area contributed by atoms with E-state index in [0.717, 1.165) is 18.2 Å². The Morgan fingerprint density at radius 2 is 2.00 bits per heavy atom. The van der Waals surface area contributed by atoms with Crippen molar-refractivity contribution in [2.75, 3.05) is 23.4 Å². The van der Waals surface area contributed by atoms with Gasteiger partial charge >= 0.3 is 0 Å². The summed E-state index contributed by atoms with van der Waals surface area (Å²) in [5.41, 5.74) is 2.22. The molecule has 1 heterocycles. The number of hydrogen-bond acceptors (Lipinski definition) is 3. The zero-order chi connectivity index (χ0) is 19.6. The van der Waals surface area contributed by atoms with Crippen LogP contribution in [-0.2, 0) is 16.0 Å². The van der Waals surface area contributed by atoms with Gasteiger partial charge < -0.3 is 9.80 Å². The van der Waals surface area contributed by atoms with Crippen molar-refractivity contribution in [3.8, 4) is 6.07 Å². The summed E-state index contributed by atoms with van der Waals surface area (Å²) in [6.45, 7) is 2.33. The van der Waals surface area contributed by atoms with Gasteiger partial charge in [0, 0.05) is 25.7 Å². The van der Waals surface area contributed by atoms with Gasteiger partial charge in [0.25, 0.3) is 0 Å². The van der Waals surface area contributed by atoms with Crippen molar-refractivity contribution in [1.82, 2.24) is 0 Å². The summed E-state index contributed by atoms with van der Waals surface area (Å²) in [6.07, 6.45) is 1.01. The van der Waals surface area contributed by atoms with Crippen molar-refractivity contribution in [3.63, 3.8) is 0 Å². The largest absolute Gasteiger partial charge is 0.312 e. The average molecular weight is 365 g/mol. The van der Waals surface area contributed by atoms with Gasteiger partial charge in [-0.1, -0.05) is 19.1 Å². The van der Waals surface area contributed by atoms with E-state index in [0.29, 0.717) is 0 Å². The molecule has 0 radical (unpaired) electrons. The summed E-state index contributed by atoms with van der Waals surface area (Å²) in [5.74, 6) is -1.62. The molecule has 6 heteroatoms. The summed E-state index contributed by atoms with van der Waals surface area (Å²) in [6, 6.07) is 13.5. The maximum Gasteiger partial charge on any atom is 0.232 e. The first-order valence-electron chi connectivity index (χ1n) is 8.81.